The molecule has 0 fully saturated rings. The summed E-state index contributed by atoms with van der Waals surface area (Å²) in [5.74, 6) is -0.959. The first-order chi connectivity index (χ1) is 9.02. The molecule has 0 spiro atoms. The van der Waals surface area contributed by atoms with Crippen LogP contribution >= 0.6 is 27.5 Å². The Morgan fingerprint density at radius 2 is 2.26 bits per heavy atom. The second-order valence-corrected chi connectivity index (χ2v) is 5.26. The maximum absolute atomic E-state index is 11.1. The molecule has 0 aliphatic rings. The van der Waals surface area contributed by atoms with E-state index in [4.69, 9.17) is 21.1 Å². The van der Waals surface area contributed by atoms with Crippen LogP contribution < -0.4 is 0 Å². The van der Waals surface area contributed by atoms with Crippen molar-refractivity contribution in [2.75, 3.05) is 0 Å². The molecule has 1 heterocycles. The molecule has 0 aliphatic heterocycles. The van der Waals surface area contributed by atoms with E-state index < -0.39 is 5.97 Å². The van der Waals surface area contributed by atoms with Crippen LogP contribution in [0.4, 0.5) is 0 Å². The van der Waals surface area contributed by atoms with Crippen molar-refractivity contribution < 1.29 is 14.3 Å². The smallest absolute Gasteiger partial charge is 0.373 e. The summed E-state index contributed by atoms with van der Waals surface area (Å²) in [5, 5.41) is 9.64. The van der Waals surface area contributed by atoms with Crippen LogP contribution in [0.5, 0.6) is 0 Å². The topological polar surface area (TPSA) is 63.3 Å². The number of carboxylic acids is 1. The van der Waals surface area contributed by atoms with Gasteiger partial charge in [-0.2, -0.15) is 0 Å². The molecule has 0 aliphatic carbocycles. The van der Waals surface area contributed by atoms with E-state index in [0.29, 0.717) is 22.7 Å². The molecular weight excluding hydrogens is 334 g/mol. The summed E-state index contributed by atoms with van der Waals surface area (Å²) >= 11 is 9.30. The van der Waals surface area contributed by atoms with Crippen molar-refractivity contribution in [3.63, 3.8) is 0 Å². The quantitative estimate of drug-likeness (QED) is 0.892. The lowest BCUT2D eigenvalue weighted by Crippen LogP contribution is -1.99. The highest BCUT2D eigenvalue weighted by molar-refractivity contribution is 9.10. The summed E-state index contributed by atoms with van der Waals surface area (Å²) < 4.78 is 6.10. The zero-order chi connectivity index (χ0) is 14.0. The predicted molar refractivity (Wildman–Crippen MR) is 75.6 cm³/mol. The molecule has 0 atom stereocenters. The number of aryl methyl sites for hydroxylation is 1. The Hall–Kier alpha value is -1.33. The van der Waals surface area contributed by atoms with Crippen molar-refractivity contribution in [1.82, 2.24) is 4.98 Å². The van der Waals surface area contributed by atoms with E-state index in [-0.39, 0.29) is 11.7 Å². The lowest BCUT2D eigenvalue weighted by molar-refractivity contribution is 0.0661. The molecule has 4 nitrogen and oxygen atoms in total. The van der Waals surface area contributed by atoms with Gasteiger partial charge in [0.25, 0.3) is 0 Å². The van der Waals surface area contributed by atoms with Gasteiger partial charge in [-0.15, -0.1) is 0 Å². The highest BCUT2D eigenvalue weighted by Crippen LogP contribution is 2.31. The fraction of sp³-hybridized carbons (Fsp3) is 0.231. The molecule has 2 aromatic rings. The van der Waals surface area contributed by atoms with Gasteiger partial charge < -0.3 is 9.52 Å². The van der Waals surface area contributed by atoms with Crippen LogP contribution in [0.1, 0.15) is 29.6 Å². The Bertz CT molecular complexity index is 624. The van der Waals surface area contributed by atoms with E-state index in [2.05, 4.69) is 20.9 Å². The number of hydrogen-bond donors (Lipinski definition) is 1. The minimum absolute atomic E-state index is 0.108. The Kier molecular flexibility index (Phi) is 4.27. The summed E-state index contributed by atoms with van der Waals surface area (Å²) in [6.07, 6.45) is 1.35. The van der Waals surface area contributed by atoms with Crippen molar-refractivity contribution in [3.8, 4) is 11.5 Å². The van der Waals surface area contributed by atoms with Gasteiger partial charge >= 0.3 is 5.97 Å². The first-order valence-electron chi connectivity index (χ1n) is 5.71. The van der Waals surface area contributed by atoms with E-state index in [1.807, 2.05) is 6.92 Å². The van der Waals surface area contributed by atoms with Gasteiger partial charge in [-0.05, 0) is 40.5 Å². The molecule has 0 radical (unpaired) electrons. The number of nitrogens with zero attached hydrogens (tertiary/aromatic N) is 1. The fourth-order valence-electron chi connectivity index (χ4n) is 1.70. The molecule has 0 amide bonds. The van der Waals surface area contributed by atoms with Crippen LogP contribution in [0.3, 0.4) is 0 Å². The zero-order valence-electron chi connectivity index (χ0n) is 10.1. The number of carboxylic acid groups (broad SMARTS) is 1. The van der Waals surface area contributed by atoms with E-state index in [0.717, 1.165) is 10.9 Å². The molecule has 6 heteroatoms. The molecule has 1 N–H and O–H groups in total. The van der Waals surface area contributed by atoms with E-state index in [9.17, 15) is 4.79 Å². The number of carbonyl (C=O) groups is 1. The third kappa shape index (κ3) is 2.98. The van der Waals surface area contributed by atoms with Crippen LogP contribution in [0.2, 0.25) is 5.02 Å². The van der Waals surface area contributed by atoms with Gasteiger partial charge in [0.05, 0.1) is 11.3 Å². The molecule has 0 unspecified atom stereocenters. The summed E-state index contributed by atoms with van der Waals surface area (Å²) in [6, 6.07) is 5.17. The van der Waals surface area contributed by atoms with Crippen molar-refractivity contribution >= 4 is 33.5 Å². The number of rotatable bonds is 4. The van der Waals surface area contributed by atoms with Gasteiger partial charge in [0.2, 0.25) is 11.7 Å². The van der Waals surface area contributed by atoms with Gasteiger partial charge in [0, 0.05) is 9.50 Å². The normalized spacial score (nSPS) is 10.7. The number of oxazole rings is 1. The number of halogens is 2. The van der Waals surface area contributed by atoms with Crippen LogP contribution in [0.25, 0.3) is 11.5 Å². The fourth-order valence-corrected chi connectivity index (χ4v) is 2.29. The maximum atomic E-state index is 11.1. The third-order valence-corrected chi connectivity index (χ3v) is 3.46. The minimum Gasteiger partial charge on any atom is -0.475 e. The lowest BCUT2D eigenvalue weighted by Gasteiger charge is -1.99. The van der Waals surface area contributed by atoms with Gasteiger partial charge in [0.15, 0.2) is 0 Å². The summed E-state index contributed by atoms with van der Waals surface area (Å²) in [4.78, 5) is 15.4. The highest BCUT2D eigenvalue weighted by atomic mass is 79.9. The first-order valence-corrected chi connectivity index (χ1v) is 6.88. The van der Waals surface area contributed by atoms with Crippen LogP contribution in [0.15, 0.2) is 27.1 Å². The molecule has 1 aromatic carbocycles. The average molecular weight is 345 g/mol. The van der Waals surface area contributed by atoms with Crippen molar-refractivity contribution in [2.24, 2.45) is 0 Å². The standard InChI is InChI=1S/C13H11BrClNO3/c1-2-3-10-11(13(17)18)19-12(16-10)8-6-7(15)4-5-9(8)14/h4-6H,2-3H2,1H3,(H,17,18). The molecule has 19 heavy (non-hydrogen) atoms. The summed E-state index contributed by atoms with van der Waals surface area (Å²) in [5.41, 5.74) is 1.09. The molecule has 100 valence electrons. The molecule has 0 saturated carbocycles. The molecule has 0 bridgehead atoms. The highest BCUT2D eigenvalue weighted by Gasteiger charge is 2.20. The SMILES string of the molecule is CCCc1nc(-c2cc(Cl)ccc2Br)oc1C(=O)O. The first kappa shape index (κ1) is 14.1. The third-order valence-electron chi connectivity index (χ3n) is 2.54. The van der Waals surface area contributed by atoms with Crippen molar-refractivity contribution in [3.05, 3.63) is 39.1 Å². The van der Waals surface area contributed by atoms with E-state index in [1.165, 1.54) is 0 Å². The van der Waals surface area contributed by atoms with Gasteiger partial charge in [-0.25, -0.2) is 9.78 Å². The van der Waals surface area contributed by atoms with Crippen molar-refractivity contribution in [1.29, 1.82) is 0 Å². The largest absolute Gasteiger partial charge is 0.475 e. The molecule has 0 saturated heterocycles. The number of hydrogen-bond acceptors (Lipinski definition) is 3. The minimum atomic E-state index is -1.11. The van der Waals surface area contributed by atoms with Gasteiger partial charge in [-0.1, -0.05) is 24.9 Å². The van der Waals surface area contributed by atoms with Crippen LogP contribution in [-0.2, 0) is 6.42 Å². The Labute approximate surface area is 123 Å². The molecule has 1 aromatic heterocycles. The summed E-state index contributed by atoms with van der Waals surface area (Å²) in [6.45, 7) is 1.95. The average Bonchev–Trinajstić information content (AvgIpc) is 2.77. The Balaban J connectivity index is 2.53. The van der Waals surface area contributed by atoms with Gasteiger partial charge in [0.1, 0.15) is 0 Å². The summed E-state index contributed by atoms with van der Waals surface area (Å²) in [7, 11) is 0. The number of benzene rings is 1. The second-order valence-electron chi connectivity index (χ2n) is 3.97. The van der Waals surface area contributed by atoms with Crippen LogP contribution in [0, 0.1) is 0 Å². The second kappa shape index (κ2) is 5.75. The predicted octanol–water partition coefficient (Wildman–Crippen LogP) is 4.41. The maximum Gasteiger partial charge on any atom is 0.373 e. The number of aromatic carboxylic acids is 1. The lowest BCUT2D eigenvalue weighted by atomic mass is 10.2. The van der Waals surface area contributed by atoms with E-state index >= 15 is 0 Å². The monoisotopic (exact) mass is 343 g/mol. The van der Waals surface area contributed by atoms with Crippen molar-refractivity contribution in [2.45, 2.75) is 19.8 Å². The van der Waals surface area contributed by atoms with E-state index in [1.54, 1.807) is 18.2 Å². The van der Waals surface area contributed by atoms with Gasteiger partial charge in [-0.3, -0.25) is 0 Å². The van der Waals surface area contributed by atoms with Crippen LogP contribution in [-0.4, -0.2) is 16.1 Å². The molecule has 2 rings (SSSR count). The number of aromatic nitrogens is 1. The Morgan fingerprint density at radius 1 is 1.53 bits per heavy atom. The molecular formula is C13H11BrClNO3. The zero-order valence-corrected chi connectivity index (χ0v) is 12.5. The Morgan fingerprint density at radius 3 is 2.89 bits per heavy atom.